The molecule has 0 aromatic heterocycles. The van der Waals surface area contributed by atoms with Crippen LogP contribution < -0.4 is 0 Å². The average molecular weight is 206 g/mol. The first-order valence-corrected chi connectivity index (χ1v) is 5.19. The van der Waals surface area contributed by atoms with Crippen LogP contribution in [0.2, 0.25) is 0 Å². The standard InChI is InChI=1S/C9H16ClNO2/c1-11(9(12)4-5-10)7-8-3-2-6-13-8/h8H,2-7H2,1H3. The Labute approximate surface area is 84.0 Å². The highest BCUT2D eigenvalue weighted by molar-refractivity contribution is 6.18. The number of amides is 1. The van der Waals surface area contributed by atoms with Crippen molar-refractivity contribution in [1.29, 1.82) is 0 Å². The van der Waals surface area contributed by atoms with Gasteiger partial charge in [0.1, 0.15) is 0 Å². The Hall–Kier alpha value is -0.280. The van der Waals surface area contributed by atoms with Crippen molar-refractivity contribution in [3.63, 3.8) is 0 Å². The SMILES string of the molecule is CN(CC1CCCO1)C(=O)CCCl. The minimum absolute atomic E-state index is 0.102. The molecule has 3 nitrogen and oxygen atoms in total. The number of halogens is 1. The van der Waals surface area contributed by atoms with Crippen LogP contribution >= 0.6 is 11.6 Å². The Morgan fingerprint density at radius 1 is 1.69 bits per heavy atom. The molecule has 0 aromatic rings. The van der Waals surface area contributed by atoms with E-state index in [2.05, 4.69) is 0 Å². The van der Waals surface area contributed by atoms with Gasteiger partial charge in [0.15, 0.2) is 0 Å². The van der Waals surface area contributed by atoms with Crippen LogP contribution in [0, 0.1) is 0 Å². The largest absolute Gasteiger partial charge is 0.376 e. The van der Waals surface area contributed by atoms with E-state index >= 15 is 0 Å². The number of rotatable bonds is 4. The second-order valence-corrected chi connectivity index (χ2v) is 3.73. The summed E-state index contributed by atoms with van der Waals surface area (Å²) in [7, 11) is 1.80. The summed E-state index contributed by atoms with van der Waals surface area (Å²) >= 11 is 5.48. The highest BCUT2D eigenvalue weighted by atomic mass is 35.5. The number of nitrogens with zero attached hydrogens (tertiary/aromatic N) is 1. The number of ether oxygens (including phenoxy) is 1. The van der Waals surface area contributed by atoms with Crippen molar-refractivity contribution in [1.82, 2.24) is 4.90 Å². The molecule has 1 amide bonds. The van der Waals surface area contributed by atoms with Crippen LogP contribution in [0.1, 0.15) is 19.3 Å². The number of carbonyl (C=O) groups is 1. The molecule has 0 radical (unpaired) electrons. The van der Waals surface area contributed by atoms with Crippen molar-refractivity contribution in [3.8, 4) is 0 Å². The van der Waals surface area contributed by atoms with E-state index in [1.165, 1.54) is 0 Å². The Morgan fingerprint density at radius 2 is 2.46 bits per heavy atom. The Bertz CT molecular complexity index is 169. The van der Waals surface area contributed by atoms with Crippen molar-refractivity contribution in [2.45, 2.75) is 25.4 Å². The van der Waals surface area contributed by atoms with Gasteiger partial charge < -0.3 is 9.64 Å². The molecule has 76 valence electrons. The molecule has 1 aliphatic heterocycles. The highest BCUT2D eigenvalue weighted by Gasteiger charge is 2.19. The van der Waals surface area contributed by atoms with Crippen LogP contribution in [0.4, 0.5) is 0 Å². The number of hydrogen-bond donors (Lipinski definition) is 0. The van der Waals surface area contributed by atoms with Crippen LogP contribution in [-0.4, -0.2) is 43.0 Å². The molecule has 0 aromatic carbocycles. The maximum Gasteiger partial charge on any atom is 0.223 e. The predicted octanol–water partition coefficient (Wildman–Crippen LogP) is 1.25. The molecular formula is C9H16ClNO2. The third-order valence-corrected chi connectivity index (χ3v) is 2.42. The summed E-state index contributed by atoms with van der Waals surface area (Å²) in [4.78, 5) is 13.0. The van der Waals surface area contributed by atoms with Gasteiger partial charge in [-0.3, -0.25) is 4.79 Å². The molecule has 1 saturated heterocycles. The van der Waals surface area contributed by atoms with Crippen LogP contribution in [0.5, 0.6) is 0 Å². The Balaban J connectivity index is 2.22. The number of hydrogen-bond acceptors (Lipinski definition) is 2. The smallest absolute Gasteiger partial charge is 0.223 e. The minimum Gasteiger partial charge on any atom is -0.376 e. The third kappa shape index (κ3) is 3.53. The van der Waals surface area contributed by atoms with Crippen LogP contribution in [0.15, 0.2) is 0 Å². The zero-order chi connectivity index (χ0) is 9.68. The first kappa shape index (κ1) is 10.8. The molecule has 4 heteroatoms. The lowest BCUT2D eigenvalue weighted by Gasteiger charge is -2.20. The van der Waals surface area contributed by atoms with E-state index in [1.807, 2.05) is 0 Å². The van der Waals surface area contributed by atoms with Gasteiger partial charge in [0.05, 0.1) is 6.10 Å². The van der Waals surface area contributed by atoms with E-state index in [4.69, 9.17) is 16.3 Å². The maximum absolute atomic E-state index is 11.3. The van der Waals surface area contributed by atoms with Crippen molar-refractivity contribution >= 4 is 17.5 Å². The van der Waals surface area contributed by atoms with Gasteiger partial charge in [0, 0.05) is 32.5 Å². The number of alkyl halides is 1. The Kier molecular flexibility index (Phi) is 4.53. The normalized spacial score (nSPS) is 21.8. The molecule has 0 spiro atoms. The summed E-state index contributed by atoms with van der Waals surface area (Å²) in [5.41, 5.74) is 0. The molecule has 1 atom stereocenters. The van der Waals surface area contributed by atoms with E-state index in [0.717, 1.165) is 19.4 Å². The molecule has 1 aliphatic rings. The number of likely N-dealkylation sites (N-methyl/N-ethyl adjacent to an activating group) is 1. The van der Waals surface area contributed by atoms with Gasteiger partial charge in [-0.2, -0.15) is 0 Å². The van der Waals surface area contributed by atoms with Crippen LogP contribution in [-0.2, 0) is 9.53 Å². The fraction of sp³-hybridized carbons (Fsp3) is 0.889. The Morgan fingerprint density at radius 3 is 3.00 bits per heavy atom. The van der Waals surface area contributed by atoms with Gasteiger partial charge in [-0.1, -0.05) is 0 Å². The fourth-order valence-electron chi connectivity index (χ4n) is 1.47. The van der Waals surface area contributed by atoms with E-state index < -0.39 is 0 Å². The zero-order valence-electron chi connectivity index (χ0n) is 7.96. The summed E-state index contributed by atoms with van der Waals surface area (Å²) in [5, 5.41) is 0. The lowest BCUT2D eigenvalue weighted by Crippen LogP contribution is -2.34. The van der Waals surface area contributed by atoms with Gasteiger partial charge in [-0.05, 0) is 12.8 Å². The van der Waals surface area contributed by atoms with Crippen molar-refractivity contribution in [2.24, 2.45) is 0 Å². The van der Waals surface area contributed by atoms with Crippen LogP contribution in [0.3, 0.4) is 0 Å². The lowest BCUT2D eigenvalue weighted by atomic mass is 10.2. The van der Waals surface area contributed by atoms with Crippen molar-refractivity contribution < 1.29 is 9.53 Å². The molecule has 1 heterocycles. The maximum atomic E-state index is 11.3. The first-order chi connectivity index (χ1) is 6.24. The van der Waals surface area contributed by atoms with Crippen LogP contribution in [0.25, 0.3) is 0 Å². The summed E-state index contributed by atoms with van der Waals surface area (Å²) in [6.07, 6.45) is 2.84. The summed E-state index contributed by atoms with van der Waals surface area (Å²) in [5.74, 6) is 0.500. The summed E-state index contributed by atoms with van der Waals surface area (Å²) in [6.45, 7) is 1.54. The minimum atomic E-state index is 0.102. The molecular weight excluding hydrogens is 190 g/mol. The van der Waals surface area contributed by atoms with Gasteiger partial charge in [-0.25, -0.2) is 0 Å². The molecule has 0 saturated carbocycles. The van der Waals surface area contributed by atoms with Gasteiger partial charge >= 0.3 is 0 Å². The highest BCUT2D eigenvalue weighted by Crippen LogP contribution is 2.12. The molecule has 1 rings (SSSR count). The molecule has 0 aliphatic carbocycles. The van der Waals surface area contributed by atoms with E-state index in [0.29, 0.717) is 18.8 Å². The lowest BCUT2D eigenvalue weighted by molar-refractivity contribution is -0.130. The molecule has 0 N–H and O–H groups in total. The fourth-order valence-corrected chi connectivity index (χ4v) is 1.63. The number of carbonyl (C=O) groups excluding carboxylic acids is 1. The third-order valence-electron chi connectivity index (χ3n) is 2.24. The van der Waals surface area contributed by atoms with Gasteiger partial charge in [-0.15, -0.1) is 11.6 Å². The zero-order valence-corrected chi connectivity index (χ0v) is 8.72. The monoisotopic (exact) mass is 205 g/mol. The second kappa shape index (κ2) is 5.45. The first-order valence-electron chi connectivity index (χ1n) is 4.65. The van der Waals surface area contributed by atoms with E-state index in [1.54, 1.807) is 11.9 Å². The van der Waals surface area contributed by atoms with E-state index in [9.17, 15) is 4.79 Å². The van der Waals surface area contributed by atoms with Gasteiger partial charge in [0.2, 0.25) is 5.91 Å². The average Bonchev–Trinajstić information content (AvgIpc) is 2.57. The second-order valence-electron chi connectivity index (χ2n) is 3.35. The predicted molar refractivity (Wildman–Crippen MR) is 51.9 cm³/mol. The topological polar surface area (TPSA) is 29.5 Å². The van der Waals surface area contributed by atoms with Gasteiger partial charge in [0.25, 0.3) is 0 Å². The quantitative estimate of drug-likeness (QED) is 0.647. The summed E-state index contributed by atoms with van der Waals surface area (Å²) in [6, 6.07) is 0. The molecule has 1 fully saturated rings. The molecule has 13 heavy (non-hydrogen) atoms. The molecule has 1 unspecified atom stereocenters. The van der Waals surface area contributed by atoms with E-state index in [-0.39, 0.29) is 12.0 Å². The van der Waals surface area contributed by atoms with Crippen molar-refractivity contribution in [2.75, 3.05) is 26.1 Å². The molecule has 0 bridgehead atoms. The summed E-state index contributed by atoms with van der Waals surface area (Å²) < 4.78 is 5.43. The van der Waals surface area contributed by atoms with Crippen molar-refractivity contribution in [3.05, 3.63) is 0 Å².